The van der Waals surface area contributed by atoms with Gasteiger partial charge in [0.05, 0.1) is 12.0 Å². The van der Waals surface area contributed by atoms with Crippen LogP contribution in [-0.2, 0) is 6.54 Å². The van der Waals surface area contributed by atoms with Gasteiger partial charge in [0.1, 0.15) is 0 Å². The molecule has 1 aromatic heterocycles. The van der Waals surface area contributed by atoms with Crippen LogP contribution in [0.4, 0.5) is 0 Å². The Bertz CT molecular complexity index is 381. The normalized spacial score (nSPS) is 33.2. The number of aromatic nitrogens is 2. The minimum absolute atomic E-state index is 0.670. The zero-order valence-corrected chi connectivity index (χ0v) is 10.9. The van der Waals surface area contributed by atoms with Gasteiger partial charge in [-0.2, -0.15) is 0 Å². The fourth-order valence-electron chi connectivity index (χ4n) is 3.04. The molecule has 0 aliphatic heterocycles. The standard InChI is InChI=1S/C14H23N3/c1-10-3-6-14(11(10)2)17-9-15-7-13(17)8-16-12-4-5-12/h7,9-12,14,16H,3-6,8H2,1-2H3. The zero-order chi connectivity index (χ0) is 11.8. The van der Waals surface area contributed by atoms with Gasteiger partial charge in [-0.05, 0) is 37.5 Å². The van der Waals surface area contributed by atoms with Crippen LogP contribution in [0.1, 0.15) is 51.3 Å². The van der Waals surface area contributed by atoms with Crippen LogP contribution in [0.5, 0.6) is 0 Å². The molecule has 94 valence electrons. The minimum atomic E-state index is 0.670. The fraction of sp³-hybridized carbons (Fsp3) is 0.786. The second-order valence-electron chi connectivity index (χ2n) is 5.93. The molecule has 0 bridgehead atoms. The molecule has 1 N–H and O–H groups in total. The van der Waals surface area contributed by atoms with Gasteiger partial charge >= 0.3 is 0 Å². The Morgan fingerprint density at radius 2 is 2.12 bits per heavy atom. The summed E-state index contributed by atoms with van der Waals surface area (Å²) >= 11 is 0. The highest BCUT2D eigenvalue weighted by atomic mass is 15.1. The number of imidazole rings is 1. The van der Waals surface area contributed by atoms with Gasteiger partial charge in [0, 0.05) is 24.8 Å². The molecule has 0 saturated heterocycles. The highest BCUT2D eigenvalue weighted by Crippen LogP contribution is 2.40. The average molecular weight is 233 g/mol. The molecule has 2 aliphatic carbocycles. The molecule has 17 heavy (non-hydrogen) atoms. The summed E-state index contributed by atoms with van der Waals surface area (Å²) in [5, 5.41) is 3.59. The molecule has 0 amide bonds. The van der Waals surface area contributed by atoms with Crippen molar-refractivity contribution in [3.8, 4) is 0 Å². The van der Waals surface area contributed by atoms with Crippen molar-refractivity contribution in [2.75, 3.05) is 0 Å². The van der Waals surface area contributed by atoms with Crippen LogP contribution in [0, 0.1) is 11.8 Å². The van der Waals surface area contributed by atoms with Crippen molar-refractivity contribution in [1.82, 2.24) is 14.9 Å². The van der Waals surface area contributed by atoms with E-state index in [0.29, 0.717) is 6.04 Å². The Morgan fingerprint density at radius 1 is 1.29 bits per heavy atom. The molecule has 0 aromatic carbocycles. The summed E-state index contributed by atoms with van der Waals surface area (Å²) in [5.41, 5.74) is 1.36. The van der Waals surface area contributed by atoms with Gasteiger partial charge in [-0.1, -0.05) is 13.8 Å². The Labute approximate surface area is 104 Å². The highest BCUT2D eigenvalue weighted by Gasteiger charge is 2.32. The Morgan fingerprint density at radius 3 is 2.76 bits per heavy atom. The molecule has 2 aliphatic rings. The predicted octanol–water partition coefficient (Wildman–Crippen LogP) is 2.74. The maximum absolute atomic E-state index is 4.35. The average Bonchev–Trinajstić information content (AvgIpc) is 2.95. The quantitative estimate of drug-likeness (QED) is 0.866. The topological polar surface area (TPSA) is 29.9 Å². The van der Waals surface area contributed by atoms with Crippen molar-refractivity contribution >= 4 is 0 Å². The molecule has 2 saturated carbocycles. The lowest BCUT2D eigenvalue weighted by atomic mass is 9.97. The van der Waals surface area contributed by atoms with Crippen LogP contribution in [0.15, 0.2) is 12.5 Å². The fourth-order valence-corrected chi connectivity index (χ4v) is 3.04. The molecule has 3 heteroatoms. The van der Waals surface area contributed by atoms with Crippen molar-refractivity contribution in [2.45, 2.75) is 58.2 Å². The lowest BCUT2D eigenvalue weighted by molar-refractivity contribution is 0.345. The number of nitrogens with zero attached hydrogens (tertiary/aromatic N) is 2. The lowest BCUT2D eigenvalue weighted by Crippen LogP contribution is -2.21. The van der Waals surface area contributed by atoms with Gasteiger partial charge in [0.2, 0.25) is 0 Å². The zero-order valence-electron chi connectivity index (χ0n) is 10.9. The third-order valence-electron chi connectivity index (χ3n) is 4.68. The van der Waals surface area contributed by atoms with Crippen LogP contribution < -0.4 is 5.32 Å². The number of rotatable bonds is 4. The van der Waals surface area contributed by atoms with Crippen LogP contribution in [0.3, 0.4) is 0 Å². The van der Waals surface area contributed by atoms with Crippen molar-refractivity contribution in [3.05, 3.63) is 18.2 Å². The van der Waals surface area contributed by atoms with E-state index in [4.69, 9.17) is 0 Å². The molecule has 3 unspecified atom stereocenters. The van der Waals surface area contributed by atoms with Gasteiger partial charge < -0.3 is 9.88 Å². The highest BCUT2D eigenvalue weighted by molar-refractivity contribution is 5.03. The molecular weight excluding hydrogens is 210 g/mol. The second kappa shape index (κ2) is 4.45. The maximum atomic E-state index is 4.35. The van der Waals surface area contributed by atoms with Crippen LogP contribution in [0.2, 0.25) is 0 Å². The summed E-state index contributed by atoms with van der Waals surface area (Å²) in [6.07, 6.45) is 9.44. The monoisotopic (exact) mass is 233 g/mol. The molecule has 3 atom stereocenters. The summed E-state index contributed by atoms with van der Waals surface area (Å²) < 4.78 is 2.42. The molecule has 0 radical (unpaired) electrons. The summed E-state index contributed by atoms with van der Waals surface area (Å²) in [7, 11) is 0. The molecule has 1 aromatic rings. The molecule has 2 fully saturated rings. The number of nitrogens with one attached hydrogen (secondary N) is 1. The van der Waals surface area contributed by atoms with E-state index in [9.17, 15) is 0 Å². The van der Waals surface area contributed by atoms with Crippen molar-refractivity contribution < 1.29 is 0 Å². The van der Waals surface area contributed by atoms with Gasteiger partial charge in [-0.3, -0.25) is 0 Å². The van der Waals surface area contributed by atoms with Crippen LogP contribution in [-0.4, -0.2) is 15.6 Å². The van der Waals surface area contributed by atoms with E-state index >= 15 is 0 Å². The SMILES string of the molecule is CC1CCC(n2cncc2CNC2CC2)C1C. The van der Waals surface area contributed by atoms with Gasteiger partial charge in [0.15, 0.2) is 0 Å². The molecule has 1 heterocycles. The van der Waals surface area contributed by atoms with Gasteiger partial charge in [-0.15, -0.1) is 0 Å². The summed E-state index contributed by atoms with van der Waals surface area (Å²) in [4.78, 5) is 4.35. The van der Waals surface area contributed by atoms with Crippen molar-refractivity contribution in [3.63, 3.8) is 0 Å². The third kappa shape index (κ3) is 2.25. The van der Waals surface area contributed by atoms with E-state index in [1.165, 1.54) is 31.4 Å². The van der Waals surface area contributed by atoms with E-state index < -0.39 is 0 Å². The first-order chi connectivity index (χ1) is 8.25. The van der Waals surface area contributed by atoms with Crippen LogP contribution >= 0.6 is 0 Å². The Kier molecular flexibility index (Phi) is 2.95. The number of hydrogen-bond donors (Lipinski definition) is 1. The van der Waals surface area contributed by atoms with E-state index in [2.05, 4.69) is 28.7 Å². The summed E-state index contributed by atoms with van der Waals surface area (Å²) in [6.45, 7) is 5.76. The predicted molar refractivity (Wildman–Crippen MR) is 68.7 cm³/mol. The molecular formula is C14H23N3. The van der Waals surface area contributed by atoms with Gasteiger partial charge in [-0.25, -0.2) is 4.98 Å². The first kappa shape index (κ1) is 11.3. The first-order valence-electron chi connectivity index (χ1n) is 7.00. The van der Waals surface area contributed by atoms with Crippen molar-refractivity contribution in [1.29, 1.82) is 0 Å². The van der Waals surface area contributed by atoms with Crippen LogP contribution in [0.25, 0.3) is 0 Å². The lowest BCUT2D eigenvalue weighted by Gasteiger charge is -2.22. The van der Waals surface area contributed by atoms with E-state index in [1.54, 1.807) is 0 Å². The molecule has 3 rings (SSSR count). The number of hydrogen-bond acceptors (Lipinski definition) is 2. The second-order valence-corrected chi connectivity index (χ2v) is 5.93. The maximum Gasteiger partial charge on any atom is 0.0951 e. The first-order valence-corrected chi connectivity index (χ1v) is 7.00. The molecule has 3 nitrogen and oxygen atoms in total. The third-order valence-corrected chi connectivity index (χ3v) is 4.68. The minimum Gasteiger partial charge on any atom is -0.330 e. The summed E-state index contributed by atoms with van der Waals surface area (Å²) in [5.74, 6) is 1.63. The van der Waals surface area contributed by atoms with E-state index in [-0.39, 0.29) is 0 Å². The molecule has 0 spiro atoms. The smallest absolute Gasteiger partial charge is 0.0951 e. The van der Waals surface area contributed by atoms with Crippen molar-refractivity contribution in [2.24, 2.45) is 11.8 Å². The Balaban J connectivity index is 1.71. The largest absolute Gasteiger partial charge is 0.330 e. The van der Waals surface area contributed by atoms with E-state index in [0.717, 1.165) is 24.4 Å². The summed E-state index contributed by atoms with van der Waals surface area (Å²) in [6, 6.07) is 1.45. The van der Waals surface area contributed by atoms with E-state index in [1.807, 2.05) is 12.5 Å². The Hall–Kier alpha value is -0.830. The van der Waals surface area contributed by atoms with Gasteiger partial charge in [0.25, 0.3) is 0 Å².